The van der Waals surface area contributed by atoms with E-state index in [0.29, 0.717) is 12.1 Å². The number of carbonyl (C=O) groups is 1. The quantitative estimate of drug-likeness (QED) is 0.808. The summed E-state index contributed by atoms with van der Waals surface area (Å²) >= 11 is 0. The fourth-order valence-electron chi connectivity index (χ4n) is 3.42. The van der Waals surface area contributed by atoms with Crippen molar-refractivity contribution in [2.45, 2.75) is 66.3 Å². The van der Waals surface area contributed by atoms with Gasteiger partial charge in [-0.25, -0.2) is 4.79 Å². The number of aryl methyl sites for hydroxylation is 2. The second kappa shape index (κ2) is 7.59. The van der Waals surface area contributed by atoms with Crippen molar-refractivity contribution < 1.29 is 9.53 Å². The molecule has 2 unspecified atom stereocenters. The van der Waals surface area contributed by atoms with Crippen LogP contribution in [0.25, 0.3) is 0 Å². The number of rotatable bonds is 5. The van der Waals surface area contributed by atoms with Gasteiger partial charge in [0.2, 0.25) is 0 Å². The van der Waals surface area contributed by atoms with Gasteiger partial charge in [0.05, 0.1) is 29.5 Å². The molecule has 5 heteroatoms. The van der Waals surface area contributed by atoms with Crippen LogP contribution >= 0.6 is 0 Å². The van der Waals surface area contributed by atoms with Gasteiger partial charge >= 0.3 is 5.97 Å². The molecule has 2 aliphatic rings. The minimum atomic E-state index is -0.304. The van der Waals surface area contributed by atoms with Gasteiger partial charge in [-0.3, -0.25) is 4.99 Å². The summed E-state index contributed by atoms with van der Waals surface area (Å²) < 4.78 is 5.40. The standard InChI is InChI=1S/C22H29N3O2/c1-13(2)27-22(26)18-10-20(21-24-16(5)17(6)25(21)12-18)23-11-19-14(3)8-7-9-15(19)4/h7-10,12-13,16-17,23H,11H2,1-6H3. The van der Waals surface area contributed by atoms with Crippen LogP contribution in [0.5, 0.6) is 0 Å². The smallest absolute Gasteiger partial charge is 0.339 e. The third kappa shape index (κ3) is 3.92. The summed E-state index contributed by atoms with van der Waals surface area (Å²) in [6.07, 6.45) is 3.57. The van der Waals surface area contributed by atoms with Gasteiger partial charge in [0.1, 0.15) is 0 Å². The molecule has 2 heterocycles. The first-order valence-corrected chi connectivity index (χ1v) is 9.58. The largest absolute Gasteiger partial charge is 0.459 e. The zero-order chi connectivity index (χ0) is 19.7. The predicted octanol–water partition coefficient (Wildman–Crippen LogP) is 3.62. The van der Waals surface area contributed by atoms with Crippen molar-refractivity contribution in [3.8, 4) is 0 Å². The van der Waals surface area contributed by atoms with Crippen LogP contribution in [0.1, 0.15) is 44.4 Å². The molecule has 0 amide bonds. The lowest BCUT2D eigenvalue weighted by atomic mass is 10.0. The van der Waals surface area contributed by atoms with Gasteiger partial charge in [-0.1, -0.05) is 18.2 Å². The maximum Gasteiger partial charge on any atom is 0.339 e. The van der Waals surface area contributed by atoms with E-state index in [1.165, 1.54) is 16.7 Å². The number of hydrogen-bond acceptors (Lipinski definition) is 5. The number of nitrogens with one attached hydrogen (secondary N) is 1. The van der Waals surface area contributed by atoms with E-state index in [1.54, 1.807) is 0 Å². The summed E-state index contributed by atoms with van der Waals surface area (Å²) in [5.74, 6) is 0.588. The summed E-state index contributed by atoms with van der Waals surface area (Å²) in [5, 5.41) is 3.51. The number of fused-ring (bicyclic) bond motifs is 1. The number of ether oxygens (including phenoxy) is 1. The van der Waals surface area contributed by atoms with Gasteiger partial charge in [-0.15, -0.1) is 0 Å². The van der Waals surface area contributed by atoms with E-state index in [4.69, 9.17) is 9.73 Å². The highest BCUT2D eigenvalue weighted by Crippen LogP contribution is 2.27. The summed E-state index contributed by atoms with van der Waals surface area (Å²) in [4.78, 5) is 19.4. The lowest BCUT2D eigenvalue weighted by Gasteiger charge is -2.29. The first kappa shape index (κ1) is 19.2. The zero-order valence-corrected chi connectivity index (χ0v) is 17.0. The number of hydrogen-bond donors (Lipinski definition) is 1. The minimum Gasteiger partial charge on any atom is -0.459 e. The van der Waals surface area contributed by atoms with Crippen molar-refractivity contribution >= 4 is 11.8 Å². The van der Waals surface area contributed by atoms with Crippen molar-refractivity contribution in [1.82, 2.24) is 10.2 Å². The van der Waals surface area contributed by atoms with E-state index in [1.807, 2.05) is 26.1 Å². The molecule has 0 radical (unpaired) electrons. The van der Waals surface area contributed by atoms with Crippen molar-refractivity contribution in [3.63, 3.8) is 0 Å². The second-order valence-electron chi connectivity index (χ2n) is 7.66. The molecular formula is C22H29N3O2. The summed E-state index contributed by atoms with van der Waals surface area (Å²) in [5.41, 5.74) is 5.19. The third-order valence-electron chi connectivity index (χ3n) is 5.20. The van der Waals surface area contributed by atoms with Gasteiger partial charge in [-0.2, -0.15) is 0 Å². The molecule has 1 aromatic rings. The van der Waals surface area contributed by atoms with Gasteiger partial charge in [0.25, 0.3) is 0 Å². The van der Waals surface area contributed by atoms with E-state index in [0.717, 1.165) is 11.5 Å². The molecule has 0 fully saturated rings. The number of nitrogens with zero attached hydrogens (tertiary/aromatic N) is 2. The topological polar surface area (TPSA) is 53.9 Å². The average molecular weight is 367 g/mol. The Bertz CT molecular complexity index is 816. The average Bonchev–Trinajstić information content (AvgIpc) is 2.88. The van der Waals surface area contributed by atoms with Crippen molar-refractivity contribution in [3.05, 3.63) is 58.4 Å². The van der Waals surface area contributed by atoms with Gasteiger partial charge in [0, 0.05) is 12.7 Å². The highest BCUT2D eigenvalue weighted by Gasteiger charge is 2.34. The SMILES string of the molecule is Cc1cccc(C)c1CNC1=CC(C(=O)OC(C)C)=CN2C1=NC(C)C2C. The summed E-state index contributed by atoms with van der Waals surface area (Å²) in [7, 11) is 0. The van der Waals surface area contributed by atoms with E-state index in [-0.39, 0.29) is 24.2 Å². The maximum absolute atomic E-state index is 12.5. The molecule has 0 saturated carbocycles. The van der Waals surface area contributed by atoms with Gasteiger partial charge < -0.3 is 15.0 Å². The Morgan fingerprint density at radius 1 is 1.26 bits per heavy atom. The molecule has 144 valence electrons. The van der Waals surface area contributed by atoms with Crippen LogP contribution in [0.3, 0.4) is 0 Å². The Morgan fingerprint density at radius 2 is 1.93 bits per heavy atom. The Morgan fingerprint density at radius 3 is 2.56 bits per heavy atom. The third-order valence-corrected chi connectivity index (χ3v) is 5.20. The first-order valence-electron chi connectivity index (χ1n) is 9.58. The Balaban J connectivity index is 1.88. The molecule has 5 nitrogen and oxygen atoms in total. The minimum absolute atomic E-state index is 0.150. The second-order valence-corrected chi connectivity index (χ2v) is 7.66. The lowest BCUT2D eigenvalue weighted by Crippen LogP contribution is -2.39. The van der Waals surface area contributed by atoms with Crippen LogP contribution in [0.15, 0.2) is 46.7 Å². The Labute approximate surface area is 161 Å². The van der Waals surface area contributed by atoms with Gasteiger partial charge in [-0.05, 0) is 64.3 Å². The number of esters is 1. The van der Waals surface area contributed by atoms with E-state index < -0.39 is 0 Å². The monoisotopic (exact) mass is 367 g/mol. The molecule has 0 saturated heterocycles. The maximum atomic E-state index is 12.5. The summed E-state index contributed by atoms with van der Waals surface area (Å²) in [6, 6.07) is 6.68. The molecule has 0 spiro atoms. The van der Waals surface area contributed by atoms with E-state index in [2.05, 4.69) is 56.1 Å². The molecule has 27 heavy (non-hydrogen) atoms. The molecular weight excluding hydrogens is 338 g/mol. The van der Waals surface area contributed by atoms with E-state index >= 15 is 0 Å². The predicted molar refractivity (Wildman–Crippen MR) is 108 cm³/mol. The highest BCUT2D eigenvalue weighted by atomic mass is 16.5. The summed E-state index contributed by atoms with van der Waals surface area (Å²) in [6.45, 7) is 12.9. The molecule has 0 bridgehead atoms. The highest BCUT2D eigenvalue weighted by molar-refractivity contribution is 6.05. The van der Waals surface area contributed by atoms with Crippen molar-refractivity contribution in [1.29, 1.82) is 0 Å². The molecule has 0 aromatic heterocycles. The number of aliphatic imine (C=N–C) groups is 1. The van der Waals surface area contributed by atoms with Crippen LogP contribution in [-0.2, 0) is 16.1 Å². The molecule has 0 aliphatic carbocycles. The number of carbonyl (C=O) groups excluding carboxylic acids is 1. The van der Waals surface area contributed by atoms with Crippen LogP contribution in [0.2, 0.25) is 0 Å². The Hall–Kier alpha value is -2.56. The van der Waals surface area contributed by atoms with E-state index in [9.17, 15) is 4.79 Å². The fourth-order valence-corrected chi connectivity index (χ4v) is 3.42. The van der Waals surface area contributed by atoms with Gasteiger partial charge in [0.15, 0.2) is 5.84 Å². The normalized spacial score (nSPS) is 21.4. The zero-order valence-electron chi connectivity index (χ0n) is 17.0. The molecule has 2 atom stereocenters. The van der Waals surface area contributed by atoms with Crippen LogP contribution in [0.4, 0.5) is 0 Å². The van der Waals surface area contributed by atoms with Crippen molar-refractivity contribution in [2.75, 3.05) is 0 Å². The van der Waals surface area contributed by atoms with Crippen molar-refractivity contribution in [2.24, 2.45) is 4.99 Å². The molecule has 2 aliphatic heterocycles. The van der Waals surface area contributed by atoms with Crippen LogP contribution in [0, 0.1) is 13.8 Å². The molecule has 3 rings (SSSR count). The van der Waals surface area contributed by atoms with Crippen LogP contribution < -0.4 is 5.32 Å². The number of amidine groups is 1. The molecule has 1 aromatic carbocycles. The molecule has 1 N–H and O–H groups in total. The van der Waals surface area contributed by atoms with Crippen LogP contribution in [-0.4, -0.2) is 34.9 Å². The first-order chi connectivity index (χ1) is 12.8. The number of benzene rings is 1. The Kier molecular flexibility index (Phi) is 5.40. The lowest BCUT2D eigenvalue weighted by molar-refractivity contribution is -0.142. The fraction of sp³-hybridized carbons (Fsp3) is 0.455.